The predicted octanol–water partition coefficient (Wildman–Crippen LogP) is 4.65. The lowest BCUT2D eigenvalue weighted by Gasteiger charge is -2.07. The Kier molecular flexibility index (Phi) is 4.44. The number of benzene rings is 2. The Labute approximate surface area is 139 Å². The lowest BCUT2D eigenvalue weighted by Crippen LogP contribution is -2.14. The van der Waals surface area contributed by atoms with Crippen molar-refractivity contribution in [3.05, 3.63) is 76.9 Å². The maximum absolute atomic E-state index is 9.38. The van der Waals surface area contributed by atoms with Gasteiger partial charge in [-0.25, -0.2) is 4.99 Å². The van der Waals surface area contributed by atoms with Gasteiger partial charge in [-0.1, -0.05) is 35.9 Å². The number of hydrogen-bond acceptors (Lipinski definition) is 3. The van der Waals surface area contributed by atoms with Gasteiger partial charge in [-0.15, -0.1) is 17.9 Å². The summed E-state index contributed by atoms with van der Waals surface area (Å²) in [7, 11) is 0. The average Bonchev–Trinajstić information content (AvgIpc) is 2.94. The molecule has 0 atom stereocenters. The second kappa shape index (κ2) is 6.67. The number of phenols is 1. The van der Waals surface area contributed by atoms with E-state index >= 15 is 0 Å². The third kappa shape index (κ3) is 3.43. The van der Waals surface area contributed by atoms with Crippen LogP contribution in [0.15, 0.2) is 71.6 Å². The largest absolute Gasteiger partial charge is 0.508 e. The van der Waals surface area contributed by atoms with Crippen molar-refractivity contribution in [3.63, 3.8) is 0 Å². The summed E-state index contributed by atoms with van der Waals surface area (Å²) < 4.78 is 2.15. The zero-order chi connectivity index (χ0) is 16.2. The SMILES string of the molecule is C=CCn1c(-c2ccc(C)cc2)csc1=Nc1ccc(O)cc1. The fraction of sp³-hybridized carbons (Fsp3) is 0.105. The van der Waals surface area contributed by atoms with Crippen LogP contribution in [0.2, 0.25) is 0 Å². The number of aromatic nitrogens is 1. The van der Waals surface area contributed by atoms with E-state index in [9.17, 15) is 5.11 Å². The first-order valence-electron chi connectivity index (χ1n) is 7.37. The van der Waals surface area contributed by atoms with Crippen LogP contribution in [0.3, 0.4) is 0 Å². The van der Waals surface area contributed by atoms with Gasteiger partial charge >= 0.3 is 0 Å². The van der Waals surface area contributed by atoms with E-state index in [1.54, 1.807) is 35.6 Å². The van der Waals surface area contributed by atoms with E-state index < -0.39 is 0 Å². The van der Waals surface area contributed by atoms with Gasteiger partial charge in [0.1, 0.15) is 5.75 Å². The number of aromatic hydroxyl groups is 1. The van der Waals surface area contributed by atoms with Crippen molar-refractivity contribution in [1.29, 1.82) is 0 Å². The van der Waals surface area contributed by atoms with Crippen LogP contribution in [0.5, 0.6) is 5.75 Å². The van der Waals surface area contributed by atoms with Crippen molar-refractivity contribution in [2.45, 2.75) is 13.5 Å². The Balaban J connectivity index is 2.09. The Morgan fingerprint density at radius 1 is 1.13 bits per heavy atom. The molecule has 4 heteroatoms. The van der Waals surface area contributed by atoms with Crippen molar-refractivity contribution >= 4 is 17.0 Å². The second-order valence-electron chi connectivity index (χ2n) is 5.30. The molecule has 0 aliphatic rings. The van der Waals surface area contributed by atoms with Crippen LogP contribution in [0.4, 0.5) is 5.69 Å². The summed E-state index contributed by atoms with van der Waals surface area (Å²) in [6.45, 7) is 6.64. The topological polar surface area (TPSA) is 37.5 Å². The first-order valence-corrected chi connectivity index (χ1v) is 8.25. The van der Waals surface area contributed by atoms with E-state index in [1.165, 1.54) is 11.1 Å². The highest BCUT2D eigenvalue weighted by atomic mass is 32.1. The summed E-state index contributed by atoms with van der Waals surface area (Å²) in [6, 6.07) is 15.4. The number of aryl methyl sites for hydroxylation is 1. The molecule has 116 valence electrons. The molecule has 0 bridgehead atoms. The zero-order valence-corrected chi connectivity index (χ0v) is 13.8. The number of phenolic OH excluding ortho intramolecular Hbond substituents is 1. The van der Waals surface area contributed by atoms with E-state index in [0.717, 1.165) is 16.2 Å². The molecule has 0 amide bonds. The zero-order valence-electron chi connectivity index (χ0n) is 12.9. The van der Waals surface area contributed by atoms with Crippen molar-refractivity contribution in [3.8, 4) is 17.0 Å². The van der Waals surface area contributed by atoms with Gasteiger partial charge in [0.2, 0.25) is 0 Å². The molecule has 0 radical (unpaired) electrons. The van der Waals surface area contributed by atoms with E-state index in [-0.39, 0.29) is 5.75 Å². The summed E-state index contributed by atoms with van der Waals surface area (Å²) >= 11 is 1.60. The number of nitrogens with zero attached hydrogens (tertiary/aromatic N) is 2. The van der Waals surface area contributed by atoms with Gasteiger partial charge in [0, 0.05) is 11.9 Å². The predicted molar refractivity (Wildman–Crippen MR) is 96.0 cm³/mol. The third-order valence-electron chi connectivity index (χ3n) is 3.53. The van der Waals surface area contributed by atoms with Gasteiger partial charge in [-0.3, -0.25) is 0 Å². The van der Waals surface area contributed by atoms with Crippen LogP contribution in [0, 0.1) is 6.92 Å². The van der Waals surface area contributed by atoms with Crippen LogP contribution in [-0.4, -0.2) is 9.67 Å². The van der Waals surface area contributed by atoms with E-state index in [4.69, 9.17) is 0 Å². The van der Waals surface area contributed by atoms with Gasteiger partial charge in [0.25, 0.3) is 0 Å². The van der Waals surface area contributed by atoms with Crippen molar-refractivity contribution in [2.75, 3.05) is 0 Å². The van der Waals surface area contributed by atoms with Gasteiger partial charge in [-0.05, 0) is 36.8 Å². The molecule has 1 N–H and O–H groups in total. The fourth-order valence-corrected chi connectivity index (χ4v) is 3.26. The third-order valence-corrected chi connectivity index (χ3v) is 4.39. The van der Waals surface area contributed by atoms with E-state index in [2.05, 4.69) is 52.7 Å². The number of hydrogen-bond donors (Lipinski definition) is 1. The highest BCUT2D eigenvalue weighted by Crippen LogP contribution is 2.22. The average molecular weight is 322 g/mol. The minimum Gasteiger partial charge on any atom is -0.508 e. The molecular formula is C19H18N2OS. The quantitative estimate of drug-likeness (QED) is 0.698. The lowest BCUT2D eigenvalue weighted by molar-refractivity contribution is 0.475. The highest BCUT2D eigenvalue weighted by Gasteiger charge is 2.07. The van der Waals surface area contributed by atoms with Crippen LogP contribution in [0.25, 0.3) is 11.3 Å². The lowest BCUT2D eigenvalue weighted by atomic mass is 10.1. The molecule has 1 aromatic heterocycles. The van der Waals surface area contributed by atoms with E-state index in [0.29, 0.717) is 6.54 Å². The monoisotopic (exact) mass is 322 g/mol. The molecule has 0 unspecified atom stereocenters. The Bertz CT molecular complexity index is 871. The highest BCUT2D eigenvalue weighted by molar-refractivity contribution is 7.07. The van der Waals surface area contributed by atoms with Crippen molar-refractivity contribution in [2.24, 2.45) is 4.99 Å². The minimum atomic E-state index is 0.245. The molecular weight excluding hydrogens is 304 g/mol. The maximum atomic E-state index is 9.38. The van der Waals surface area contributed by atoms with Gasteiger partial charge < -0.3 is 9.67 Å². The molecule has 23 heavy (non-hydrogen) atoms. The summed E-state index contributed by atoms with van der Waals surface area (Å²) in [5.74, 6) is 0.245. The number of allylic oxidation sites excluding steroid dienone is 1. The smallest absolute Gasteiger partial charge is 0.190 e. The molecule has 0 saturated carbocycles. The Morgan fingerprint density at radius 3 is 2.48 bits per heavy atom. The Morgan fingerprint density at radius 2 is 1.83 bits per heavy atom. The molecule has 2 aromatic carbocycles. The normalized spacial score (nSPS) is 11.6. The molecule has 3 nitrogen and oxygen atoms in total. The van der Waals surface area contributed by atoms with Crippen LogP contribution in [-0.2, 0) is 6.54 Å². The van der Waals surface area contributed by atoms with E-state index in [1.807, 2.05) is 6.08 Å². The molecule has 0 saturated heterocycles. The van der Waals surface area contributed by atoms with Crippen LogP contribution in [0.1, 0.15) is 5.56 Å². The van der Waals surface area contributed by atoms with Crippen molar-refractivity contribution < 1.29 is 5.11 Å². The molecule has 0 spiro atoms. The molecule has 3 rings (SSSR count). The molecule has 0 fully saturated rings. The van der Waals surface area contributed by atoms with Gasteiger partial charge in [-0.2, -0.15) is 0 Å². The minimum absolute atomic E-state index is 0.245. The maximum Gasteiger partial charge on any atom is 0.190 e. The number of thiazole rings is 1. The molecule has 0 aliphatic carbocycles. The summed E-state index contributed by atoms with van der Waals surface area (Å²) in [5.41, 5.74) is 4.36. The van der Waals surface area contributed by atoms with Gasteiger partial charge in [0.15, 0.2) is 4.80 Å². The first-order chi connectivity index (χ1) is 11.2. The summed E-state index contributed by atoms with van der Waals surface area (Å²) in [4.78, 5) is 5.60. The number of rotatable bonds is 4. The van der Waals surface area contributed by atoms with Crippen LogP contribution >= 0.6 is 11.3 Å². The summed E-state index contributed by atoms with van der Waals surface area (Å²) in [6.07, 6.45) is 1.88. The fourth-order valence-electron chi connectivity index (χ4n) is 2.32. The first kappa shape index (κ1) is 15.3. The second-order valence-corrected chi connectivity index (χ2v) is 6.13. The van der Waals surface area contributed by atoms with Crippen molar-refractivity contribution in [1.82, 2.24) is 4.57 Å². The molecule has 0 aliphatic heterocycles. The standard InChI is InChI=1S/C19H18N2OS/c1-3-12-21-18(15-6-4-14(2)5-7-15)13-23-19(21)20-16-8-10-17(22)11-9-16/h3-11,13,22H,1,12H2,2H3. The summed E-state index contributed by atoms with van der Waals surface area (Å²) in [5, 5.41) is 11.5. The Hall–Kier alpha value is -2.59. The molecule has 1 heterocycles. The molecule has 3 aromatic rings. The van der Waals surface area contributed by atoms with Gasteiger partial charge in [0.05, 0.1) is 11.4 Å². The van der Waals surface area contributed by atoms with Crippen LogP contribution < -0.4 is 4.80 Å².